The van der Waals surface area contributed by atoms with Gasteiger partial charge in [-0.25, -0.2) is 9.59 Å². The van der Waals surface area contributed by atoms with E-state index in [1.807, 2.05) is 30.3 Å². The Balaban J connectivity index is 2.61. The van der Waals surface area contributed by atoms with Crippen molar-refractivity contribution < 1.29 is 19.2 Å². The van der Waals surface area contributed by atoms with Crippen LogP contribution in [0.2, 0.25) is 0 Å². The van der Waals surface area contributed by atoms with Crippen molar-refractivity contribution in [1.29, 1.82) is 0 Å². The zero-order valence-electron chi connectivity index (χ0n) is 12.3. The van der Waals surface area contributed by atoms with Crippen molar-refractivity contribution in [2.45, 2.75) is 20.8 Å². The van der Waals surface area contributed by atoms with Crippen LogP contribution in [-0.4, -0.2) is 23.3 Å². The van der Waals surface area contributed by atoms with Crippen molar-refractivity contribution in [3.63, 3.8) is 0 Å². The van der Waals surface area contributed by atoms with E-state index >= 15 is 0 Å². The van der Waals surface area contributed by atoms with E-state index in [1.165, 1.54) is 11.7 Å². The molecule has 110 valence electrons. The van der Waals surface area contributed by atoms with Crippen LogP contribution in [0.4, 0.5) is 0 Å². The summed E-state index contributed by atoms with van der Waals surface area (Å²) in [7, 11) is 0. The number of rotatable bonds is 4. The maximum atomic E-state index is 12.2. The lowest BCUT2D eigenvalue weighted by atomic mass is 10.1. The molecule has 0 saturated heterocycles. The molecule has 0 aliphatic carbocycles. The summed E-state index contributed by atoms with van der Waals surface area (Å²) in [5.74, 6) is -0.891. The summed E-state index contributed by atoms with van der Waals surface area (Å²) in [5.41, 5.74) is 2.38. The van der Waals surface area contributed by atoms with E-state index in [2.05, 4.69) is 0 Å². The van der Waals surface area contributed by atoms with Crippen LogP contribution in [0.5, 0.6) is 0 Å². The molecule has 0 bridgehead atoms. The van der Waals surface area contributed by atoms with E-state index in [0.717, 1.165) is 5.56 Å². The molecule has 21 heavy (non-hydrogen) atoms. The highest BCUT2D eigenvalue weighted by Crippen LogP contribution is 2.28. The summed E-state index contributed by atoms with van der Waals surface area (Å²) in [6.45, 7) is 5.12. The summed E-state index contributed by atoms with van der Waals surface area (Å²) in [5, 5.41) is 0. The van der Waals surface area contributed by atoms with E-state index in [4.69, 9.17) is 9.57 Å². The Kier molecular flexibility index (Phi) is 4.42. The van der Waals surface area contributed by atoms with Gasteiger partial charge >= 0.3 is 11.9 Å². The number of esters is 1. The maximum absolute atomic E-state index is 12.2. The van der Waals surface area contributed by atoms with Crippen molar-refractivity contribution in [1.82, 2.24) is 4.73 Å². The Morgan fingerprint density at radius 3 is 2.43 bits per heavy atom. The number of hydrogen-bond acceptors (Lipinski definition) is 4. The van der Waals surface area contributed by atoms with E-state index in [0.29, 0.717) is 16.8 Å². The summed E-state index contributed by atoms with van der Waals surface area (Å²) >= 11 is 0. The van der Waals surface area contributed by atoms with Gasteiger partial charge in [-0.2, -0.15) is 4.73 Å². The van der Waals surface area contributed by atoms with Crippen LogP contribution >= 0.6 is 0 Å². The predicted octanol–water partition coefficient (Wildman–Crippen LogP) is 2.62. The van der Waals surface area contributed by atoms with E-state index in [-0.39, 0.29) is 6.61 Å². The molecule has 0 aliphatic heterocycles. The zero-order valence-corrected chi connectivity index (χ0v) is 12.3. The molecule has 2 rings (SSSR count). The Hall–Kier alpha value is -2.56. The summed E-state index contributed by atoms with van der Waals surface area (Å²) in [4.78, 5) is 28.6. The minimum absolute atomic E-state index is 0.283. The largest absolute Gasteiger partial charge is 0.462 e. The molecule has 0 radical (unpaired) electrons. The van der Waals surface area contributed by atoms with Crippen LogP contribution < -0.4 is 4.84 Å². The number of ether oxygens (including phenoxy) is 1. The monoisotopic (exact) mass is 287 g/mol. The minimum Gasteiger partial charge on any atom is -0.462 e. The molecule has 2 aromatic rings. The Morgan fingerprint density at radius 1 is 1.19 bits per heavy atom. The van der Waals surface area contributed by atoms with Crippen LogP contribution in [0.25, 0.3) is 11.3 Å². The number of aromatic nitrogens is 1. The van der Waals surface area contributed by atoms with Gasteiger partial charge in [-0.05, 0) is 19.4 Å². The third-order valence-corrected chi connectivity index (χ3v) is 2.92. The fraction of sp³-hybridized carbons (Fsp3) is 0.250. The molecule has 5 nitrogen and oxygen atoms in total. The summed E-state index contributed by atoms with van der Waals surface area (Å²) in [6.07, 6.45) is 1.61. The number of benzene rings is 1. The standard InChI is InChI=1S/C16H17NO4/c1-4-20-16(19)14-11(2)10-17(21-12(3)18)15(14)13-8-6-5-7-9-13/h5-10H,4H2,1-3H3. The lowest BCUT2D eigenvalue weighted by Gasteiger charge is -2.10. The average Bonchev–Trinajstić information content (AvgIpc) is 2.75. The third-order valence-electron chi connectivity index (χ3n) is 2.92. The third kappa shape index (κ3) is 3.13. The molecular weight excluding hydrogens is 270 g/mol. The maximum Gasteiger partial charge on any atom is 0.340 e. The first-order chi connectivity index (χ1) is 10.0. The van der Waals surface area contributed by atoms with Crippen molar-refractivity contribution in [3.05, 3.63) is 47.7 Å². The minimum atomic E-state index is -0.461. The normalized spacial score (nSPS) is 10.2. The summed E-state index contributed by atoms with van der Waals surface area (Å²) in [6, 6.07) is 9.27. The molecule has 0 fully saturated rings. The highest BCUT2D eigenvalue weighted by atomic mass is 16.7. The number of carbonyl (C=O) groups excluding carboxylic acids is 2. The van der Waals surface area contributed by atoms with Gasteiger partial charge in [-0.15, -0.1) is 0 Å². The SMILES string of the molecule is CCOC(=O)c1c(C)cn(OC(C)=O)c1-c1ccccc1. The molecule has 0 spiro atoms. The topological polar surface area (TPSA) is 57.5 Å². The van der Waals surface area contributed by atoms with Gasteiger partial charge in [0.2, 0.25) is 0 Å². The number of nitrogens with zero attached hydrogens (tertiary/aromatic N) is 1. The number of aryl methyl sites for hydroxylation is 1. The second-order valence-corrected chi connectivity index (χ2v) is 4.53. The highest BCUT2D eigenvalue weighted by Gasteiger charge is 2.23. The second-order valence-electron chi connectivity index (χ2n) is 4.53. The predicted molar refractivity (Wildman–Crippen MR) is 77.8 cm³/mol. The van der Waals surface area contributed by atoms with Gasteiger partial charge in [-0.1, -0.05) is 30.3 Å². The van der Waals surface area contributed by atoms with Crippen LogP contribution in [0.1, 0.15) is 29.8 Å². The fourth-order valence-electron chi connectivity index (χ4n) is 2.14. The van der Waals surface area contributed by atoms with E-state index < -0.39 is 11.9 Å². The van der Waals surface area contributed by atoms with Crippen LogP contribution in [0.15, 0.2) is 36.5 Å². The molecule has 1 aromatic carbocycles. The van der Waals surface area contributed by atoms with Gasteiger partial charge in [0.1, 0.15) is 5.69 Å². The first-order valence-corrected chi connectivity index (χ1v) is 6.68. The van der Waals surface area contributed by atoms with Gasteiger partial charge in [0.15, 0.2) is 0 Å². The van der Waals surface area contributed by atoms with Crippen molar-refractivity contribution in [2.24, 2.45) is 0 Å². The van der Waals surface area contributed by atoms with Crippen LogP contribution in [0, 0.1) is 6.92 Å². The van der Waals surface area contributed by atoms with Crippen molar-refractivity contribution in [3.8, 4) is 11.3 Å². The van der Waals surface area contributed by atoms with Gasteiger partial charge in [-0.3, -0.25) is 0 Å². The van der Waals surface area contributed by atoms with E-state index in [1.54, 1.807) is 20.0 Å². The number of hydrogen-bond donors (Lipinski definition) is 0. The smallest absolute Gasteiger partial charge is 0.340 e. The quantitative estimate of drug-likeness (QED) is 0.811. The molecule has 0 atom stereocenters. The van der Waals surface area contributed by atoms with Crippen LogP contribution in [0.3, 0.4) is 0 Å². The molecular formula is C16H17NO4. The second kappa shape index (κ2) is 6.26. The first-order valence-electron chi connectivity index (χ1n) is 6.68. The van der Waals surface area contributed by atoms with Gasteiger partial charge in [0.25, 0.3) is 0 Å². The van der Waals surface area contributed by atoms with E-state index in [9.17, 15) is 9.59 Å². The lowest BCUT2D eigenvalue weighted by molar-refractivity contribution is -0.141. The molecule has 0 N–H and O–H groups in total. The Bertz CT molecular complexity index is 658. The Morgan fingerprint density at radius 2 is 1.86 bits per heavy atom. The molecule has 1 aromatic heterocycles. The van der Waals surface area contributed by atoms with Gasteiger partial charge < -0.3 is 9.57 Å². The molecule has 5 heteroatoms. The Labute approximate surface area is 123 Å². The molecule has 0 saturated carbocycles. The lowest BCUT2D eigenvalue weighted by Crippen LogP contribution is -2.17. The zero-order chi connectivity index (χ0) is 15.4. The highest BCUT2D eigenvalue weighted by molar-refractivity contribution is 5.98. The average molecular weight is 287 g/mol. The summed E-state index contributed by atoms with van der Waals surface area (Å²) < 4.78 is 6.42. The molecule has 0 amide bonds. The number of carbonyl (C=O) groups is 2. The fourth-order valence-corrected chi connectivity index (χ4v) is 2.14. The van der Waals surface area contributed by atoms with Gasteiger partial charge in [0.05, 0.1) is 12.2 Å². The van der Waals surface area contributed by atoms with Gasteiger partial charge in [0, 0.05) is 18.7 Å². The van der Waals surface area contributed by atoms with Crippen molar-refractivity contribution in [2.75, 3.05) is 6.61 Å². The molecule has 1 heterocycles. The molecule has 0 aliphatic rings. The van der Waals surface area contributed by atoms with Crippen molar-refractivity contribution >= 4 is 11.9 Å². The molecule has 0 unspecified atom stereocenters. The van der Waals surface area contributed by atoms with Crippen LogP contribution in [-0.2, 0) is 9.53 Å². The first kappa shape index (κ1) is 14.8.